The zero-order valence-electron chi connectivity index (χ0n) is 15.2. The Morgan fingerprint density at radius 2 is 1.88 bits per heavy atom. The summed E-state index contributed by atoms with van der Waals surface area (Å²) >= 11 is 0. The van der Waals surface area contributed by atoms with Crippen molar-refractivity contribution in [2.75, 3.05) is 18.0 Å². The number of aromatic nitrogens is 2. The van der Waals surface area contributed by atoms with Gasteiger partial charge in [0.05, 0.1) is 18.0 Å². The molecule has 1 saturated heterocycles. The summed E-state index contributed by atoms with van der Waals surface area (Å²) in [5.74, 6) is 1.95. The van der Waals surface area contributed by atoms with Crippen molar-refractivity contribution < 1.29 is 4.74 Å². The van der Waals surface area contributed by atoms with E-state index >= 15 is 0 Å². The Balaban J connectivity index is 1.44. The van der Waals surface area contributed by atoms with E-state index in [9.17, 15) is 0 Å². The van der Waals surface area contributed by atoms with Gasteiger partial charge in [0.15, 0.2) is 0 Å². The van der Waals surface area contributed by atoms with Crippen LogP contribution in [0.25, 0.3) is 0 Å². The van der Waals surface area contributed by atoms with Crippen LogP contribution in [0.5, 0.6) is 5.75 Å². The molecule has 1 saturated carbocycles. The summed E-state index contributed by atoms with van der Waals surface area (Å²) in [6, 6.07) is 8.43. The summed E-state index contributed by atoms with van der Waals surface area (Å²) in [6.45, 7) is 5.04. The Kier molecular flexibility index (Phi) is 3.69. The highest BCUT2D eigenvalue weighted by molar-refractivity contribution is 6.14. The smallest absolute Gasteiger partial charge is 0.132 e. The number of hydrogen-bond acceptors (Lipinski definition) is 5. The lowest BCUT2D eigenvalue weighted by molar-refractivity contribution is 0.200. The first kappa shape index (κ1) is 15.8. The van der Waals surface area contributed by atoms with E-state index in [-0.39, 0.29) is 5.60 Å². The van der Waals surface area contributed by atoms with Crippen LogP contribution in [0.4, 0.5) is 5.82 Å². The van der Waals surface area contributed by atoms with Crippen molar-refractivity contribution in [1.29, 1.82) is 0 Å². The fourth-order valence-electron chi connectivity index (χ4n) is 3.78. The van der Waals surface area contributed by atoms with Gasteiger partial charge in [0.25, 0.3) is 0 Å². The number of ether oxygens (including phenoxy) is 1. The second-order valence-electron chi connectivity index (χ2n) is 7.84. The molecule has 2 aromatic rings. The molecule has 2 aliphatic heterocycles. The average molecular weight is 348 g/mol. The van der Waals surface area contributed by atoms with Gasteiger partial charge in [-0.15, -0.1) is 0 Å². The van der Waals surface area contributed by atoms with Crippen LogP contribution in [0.2, 0.25) is 0 Å². The molecule has 0 atom stereocenters. The molecule has 0 bridgehead atoms. The van der Waals surface area contributed by atoms with E-state index in [1.807, 2.05) is 0 Å². The van der Waals surface area contributed by atoms with Crippen LogP contribution < -0.4 is 9.64 Å². The lowest BCUT2D eigenvalue weighted by Gasteiger charge is -2.27. The largest absolute Gasteiger partial charge is 0.488 e. The van der Waals surface area contributed by atoms with E-state index in [4.69, 9.17) is 9.73 Å². The lowest BCUT2D eigenvalue weighted by atomic mass is 10.0. The van der Waals surface area contributed by atoms with Crippen molar-refractivity contribution in [3.8, 4) is 5.75 Å². The van der Waals surface area contributed by atoms with E-state index in [0.29, 0.717) is 6.54 Å². The fraction of sp³-hybridized carbons (Fsp3) is 0.476. The molecule has 0 spiro atoms. The van der Waals surface area contributed by atoms with Crippen molar-refractivity contribution in [3.05, 3.63) is 47.4 Å². The van der Waals surface area contributed by atoms with Crippen LogP contribution in [0.1, 0.15) is 55.8 Å². The minimum absolute atomic E-state index is 0.0283. The van der Waals surface area contributed by atoms with Crippen LogP contribution in [0.3, 0.4) is 0 Å². The van der Waals surface area contributed by atoms with E-state index in [0.717, 1.165) is 54.5 Å². The molecular formula is C21H24N4O. The second-order valence-corrected chi connectivity index (χ2v) is 7.84. The van der Waals surface area contributed by atoms with Gasteiger partial charge in [0, 0.05) is 24.7 Å². The quantitative estimate of drug-likeness (QED) is 0.844. The SMILES string of the molecule is CC1(Oc2ccc3c(c2)C(c2cc(N4CCCCC4)ncn2)=NC3)CC1. The molecule has 5 rings (SSSR count). The fourth-order valence-corrected chi connectivity index (χ4v) is 3.78. The topological polar surface area (TPSA) is 50.6 Å². The molecule has 1 aromatic heterocycles. The first-order valence-electron chi connectivity index (χ1n) is 9.64. The third-order valence-electron chi connectivity index (χ3n) is 5.64. The second kappa shape index (κ2) is 6.08. The Hall–Kier alpha value is -2.43. The van der Waals surface area contributed by atoms with Gasteiger partial charge in [0.2, 0.25) is 0 Å². The molecule has 0 amide bonds. The van der Waals surface area contributed by atoms with Crippen LogP contribution in [-0.4, -0.2) is 34.4 Å². The highest BCUT2D eigenvalue weighted by Gasteiger charge is 2.40. The number of hydrogen-bond donors (Lipinski definition) is 0. The number of anilines is 1. The number of rotatable bonds is 4. The van der Waals surface area contributed by atoms with Crippen molar-refractivity contribution >= 4 is 11.5 Å². The molecule has 1 aliphatic carbocycles. The van der Waals surface area contributed by atoms with Crippen molar-refractivity contribution in [1.82, 2.24) is 9.97 Å². The van der Waals surface area contributed by atoms with Gasteiger partial charge in [-0.2, -0.15) is 0 Å². The predicted octanol–water partition coefficient (Wildman–Crippen LogP) is 3.75. The maximum Gasteiger partial charge on any atom is 0.132 e. The summed E-state index contributed by atoms with van der Waals surface area (Å²) in [5.41, 5.74) is 4.29. The zero-order chi connectivity index (χ0) is 17.6. The van der Waals surface area contributed by atoms with Crippen LogP contribution in [0, 0.1) is 0 Å². The summed E-state index contributed by atoms with van der Waals surface area (Å²) in [4.78, 5) is 16.1. The van der Waals surface area contributed by atoms with Gasteiger partial charge < -0.3 is 9.64 Å². The van der Waals surface area contributed by atoms with Crippen molar-refractivity contribution in [3.63, 3.8) is 0 Å². The van der Waals surface area contributed by atoms with Crippen LogP contribution in [-0.2, 0) is 6.54 Å². The molecule has 1 aromatic carbocycles. The lowest BCUT2D eigenvalue weighted by Crippen LogP contribution is -2.30. The molecule has 0 unspecified atom stereocenters. The number of fused-ring (bicyclic) bond motifs is 1. The number of piperidine rings is 1. The number of aliphatic imine (C=N–C) groups is 1. The highest BCUT2D eigenvalue weighted by Crippen LogP contribution is 2.40. The average Bonchev–Trinajstić information content (AvgIpc) is 3.25. The van der Waals surface area contributed by atoms with E-state index < -0.39 is 0 Å². The maximum atomic E-state index is 6.15. The van der Waals surface area contributed by atoms with Crippen LogP contribution in [0.15, 0.2) is 35.6 Å². The van der Waals surface area contributed by atoms with Crippen molar-refractivity contribution in [2.24, 2.45) is 4.99 Å². The highest BCUT2D eigenvalue weighted by atomic mass is 16.5. The Labute approximate surface area is 154 Å². The molecule has 3 heterocycles. The molecule has 0 N–H and O–H groups in total. The Morgan fingerprint density at radius 3 is 2.69 bits per heavy atom. The standard InChI is InChI=1S/C21H24N4O/c1-21(7-8-21)26-16-6-5-15-13-22-20(17(15)11-16)18-12-19(24-14-23-18)25-9-3-2-4-10-25/h5-6,11-12,14H,2-4,7-10,13H2,1H3. The molecule has 134 valence electrons. The summed E-state index contributed by atoms with van der Waals surface area (Å²) < 4.78 is 6.15. The third kappa shape index (κ3) is 2.96. The Morgan fingerprint density at radius 1 is 1.04 bits per heavy atom. The monoisotopic (exact) mass is 348 g/mol. The van der Waals surface area contributed by atoms with E-state index in [1.165, 1.54) is 24.8 Å². The zero-order valence-corrected chi connectivity index (χ0v) is 15.2. The Bertz CT molecular complexity index is 866. The van der Waals surface area contributed by atoms with Crippen LogP contribution >= 0.6 is 0 Å². The number of nitrogens with zero attached hydrogens (tertiary/aromatic N) is 4. The van der Waals surface area contributed by atoms with Gasteiger partial charge in [-0.05, 0) is 56.7 Å². The van der Waals surface area contributed by atoms with E-state index in [2.05, 4.69) is 46.1 Å². The minimum Gasteiger partial charge on any atom is -0.488 e. The van der Waals surface area contributed by atoms with Gasteiger partial charge in [-0.3, -0.25) is 4.99 Å². The molecule has 3 aliphatic rings. The molecule has 5 heteroatoms. The van der Waals surface area contributed by atoms with E-state index in [1.54, 1.807) is 6.33 Å². The van der Waals surface area contributed by atoms with Crippen molar-refractivity contribution in [2.45, 2.75) is 51.2 Å². The normalized spacial score (nSPS) is 20.5. The van der Waals surface area contributed by atoms with Gasteiger partial charge >= 0.3 is 0 Å². The summed E-state index contributed by atoms with van der Waals surface area (Å²) in [7, 11) is 0. The molecule has 26 heavy (non-hydrogen) atoms. The van der Waals surface area contributed by atoms with Gasteiger partial charge in [-0.25, -0.2) is 9.97 Å². The minimum atomic E-state index is 0.0283. The first-order valence-corrected chi connectivity index (χ1v) is 9.64. The first-order chi connectivity index (χ1) is 12.7. The predicted molar refractivity (Wildman–Crippen MR) is 102 cm³/mol. The number of benzene rings is 1. The third-order valence-corrected chi connectivity index (χ3v) is 5.64. The molecule has 0 radical (unpaired) electrons. The van der Waals surface area contributed by atoms with Gasteiger partial charge in [0.1, 0.15) is 23.5 Å². The molecular weight excluding hydrogens is 324 g/mol. The van der Waals surface area contributed by atoms with Gasteiger partial charge in [-0.1, -0.05) is 6.07 Å². The summed E-state index contributed by atoms with van der Waals surface area (Å²) in [5, 5.41) is 0. The molecule has 2 fully saturated rings. The summed E-state index contributed by atoms with van der Waals surface area (Å²) in [6.07, 6.45) is 7.74. The molecule has 5 nitrogen and oxygen atoms in total. The maximum absolute atomic E-state index is 6.15.